The first-order valence-corrected chi connectivity index (χ1v) is 7.31. The summed E-state index contributed by atoms with van der Waals surface area (Å²) in [6.07, 6.45) is 4.12. The highest BCUT2D eigenvalue weighted by Crippen LogP contribution is 2.29. The summed E-state index contributed by atoms with van der Waals surface area (Å²) < 4.78 is 0.656. The lowest BCUT2D eigenvalue weighted by atomic mass is 10.0. The summed E-state index contributed by atoms with van der Waals surface area (Å²) in [5.74, 6) is -1.08. The van der Waals surface area contributed by atoms with E-state index in [-0.39, 0.29) is 17.1 Å². The van der Waals surface area contributed by atoms with Crippen molar-refractivity contribution < 1.29 is 14.7 Å². The van der Waals surface area contributed by atoms with Crippen LogP contribution in [0, 0.1) is 0 Å². The molecule has 0 unspecified atom stereocenters. The number of benzene rings is 1. The molecule has 0 aromatic heterocycles. The van der Waals surface area contributed by atoms with Crippen LogP contribution in [0.5, 0.6) is 0 Å². The molecule has 2 amide bonds. The summed E-state index contributed by atoms with van der Waals surface area (Å²) in [6.45, 7) is 2.01. The second-order valence-corrected chi connectivity index (χ2v) is 6.26. The number of carbonyl (C=O) groups is 2. The highest BCUT2D eigenvalue weighted by atomic mass is 79.9. The van der Waals surface area contributed by atoms with E-state index in [9.17, 15) is 9.59 Å². The number of carboxylic acid groups (broad SMARTS) is 1. The number of hydrogen-bond donors (Lipinski definition) is 3. The van der Waals surface area contributed by atoms with E-state index in [1.807, 2.05) is 6.92 Å². The molecule has 1 fully saturated rings. The fourth-order valence-electron chi connectivity index (χ4n) is 2.51. The van der Waals surface area contributed by atoms with Crippen molar-refractivity contribution in [3.8, 4) is 0 Å². The number of urea groups is 1. The van der Waals surface area contributed by atoms with Crippen molar-refractivity contribution in [1.29, 1.82) is 0 Å². The SMILES string of the molecule is CC1(NC(=O)Nc2ccc(Br)cc2C(=O)O)CCCC1. The maximum absolute atomic E-state index is 12.0. The first kappa shape index (κ1) is 14.8. The smallest absolute Gasteiger partial charge is 0.337 e. The van der Waals surface area contributed by atoms with Gasteiger partial charge in [-0.25, -0.2) is 9.59 Å². The zero-order valence-corrected chi connectivity index (χ0v) is 12.8. The summed E-state index contributed by atoms with van der Waals surface area (Å²) >= 11 is 3.22. The van der Waals surface area contributed by atoms with Gasteiger partial charge in [0.25, 0.3) is 0 Å². The monoisotopic (exact) mass is 340 g/mol. The Morgan fingerprint density at radius 3 is 2.55 bits per heavy atom. The molecule has 0 aliphatic heterocycles. The number of aromatic carboxylic acids is 1. The maximum Gasteiger partial charge on any atom is 0.337 e. The van der Waals surface area contributed by atoms with E-state index >= 15 is 0 Å². The van der Waals surface area contributed by atoms with Gasteiger partial charge in [0.15, 0.2) is 0 Å². The van der Waals surface area contributed by atoms with E-state index in [1.165, 1.54) is 6.07 Å². The van der Waals surface area contributed by atoms with Gasteiger partial charge in [0.05, 0.1) is 11.3 Å². The Hall–Kier alpha value is -1.56. The number of amides is 2. The lowest BCUT2D eigenvalue weighted by Crippen LogP contribution is -2.45. The zero-order chi connectivity index (χ0) is 14.8. The quantitative estimate of drug-likeness (QED) is 0.786. The number of rotatable bonds is 3. The first-order chi connectivity index (χ1) is 9.39. The third-order valence-corrected chi connectivity index (χ3v) is 4.08. The summed E-state index contributed by atoms with van der Waals surface area (Å²) in [4.78, 5) is 23.2. The summed E-state index contributed by atoms with van der Waals surface area (Å²) in [5.41, 5.74) is 0.161. The average Bonchev–Trinajstić information content (AvgIpc) is 2.77. The Labute approximate surface area is 125 Å². The zero-order valence-electron chi connectivity index (χ0n) is 11.2. The van der Waals surface area contributed by atoms with Crippen LogP contribution in [0.2, 0.25) is 0 Å². The lowest BCUT2D eigenvalue weighted by Gasteiger charge is -2.25. The number of carbonyl (C=O) groups excluding carboxylic acids is 1. The Morgan fingerprint density at radius 2 is 1.95 bits per heavy atom. The molecule has 1 aromatic carbocycles. The van der Waals surface area contributed by atoms with Gasteiger partial charge in [-0.1, -0.05) is 28.8 Å². The lowest BCUT2D eigenvalue weighted by molar-refractivity contribution is 0.0698. The van der Waals surface area contributed by atoms with Crippen LogP contribution in [0.15, 0.2) is 22.7 Å². The van der Waals surface area contributed by atoms with Crippen LogP contribution in [0.4, 0.5) is 10.5 Å². The number of anilines is 1. The minimum absolute atomic E-state index is 0.0612. The number of nitrogens with one attached hydrogen (secondary N) is 2. The predicted molar refractivity (Wildman–Crippen MR) is 80.1 cm³/mol. The summed E-state index contributed by atoms with van der Waals surface area (Å²) in [5, 5.41) is 14.7. The van der Waals surface area contributed by atoms with E-state index < -0.39 is 5.97 Å². The molecule has 1 saturated carbocycles. The first-order valence-electron chi connectivity index (χ1n) is 6.52. The second-order valence-electron chi connectivity index (χ2n) is 5.34. The second kappa shape index (κ2) is 5.83. The molecular weight excluding hydrogens is 324 g/mol. The number of carboxylic acids is 1. The molecule has 5 nitrogen and oxygen atoms in total. The van der Waals surface area contributed by atoms with Crippen LogP contribution in [-0.4, -0.2) is 22.6 Å². The van der Waals surface area contributed by atoms with E-state index in [0.717, 1.165) is 25.7 Å². The van der Waals surface area contributed by atoms with Gasteiger partial charge in [0.2, 0.25) is 0 Å². The highest BCUT2D eigenvalue weighted by Gasteiger charge is 2.30. The molecule has 2 rings (SSSR count). The topological polar surface area (TPSA) is 78.4 Å². The van der Waals surface area contributed by atoms with Crippen molar-refractivity contribution in [1.82, 2.24) is 5.32 Å². The fourth-order valence-corrected chi connectivity index (χ4v) is 2.87. The number of hydrogen-bond acceptors (Lipinski definition) is 2. The minimum Gasteiger partial charge on any atom is -0.478 e. The van der Waals surface area contributed by atoms with Crippen molar-refractivity contribution in [2.24, 2.45) is 0 Å². The molecule has 108 valence electrons. The predicted octanol–water partition coefficient (Wildman–Crippen LogP) is 3.60. The van der Waals surface area contributed by atoms with Crippen molar-refractivity contribution in [2.75, 3.05) is 5.32 Å². The molecule has 0 atom stereocenters. The number of halogens is 1. The van der Waals surface area contributed by atoms with Gasteiger partial charge in [-0.05, 0) is 38.0 Å². The van der Waals surface area contributed by atoms with Crippen LogP contribution in [0.25, 0.3) is 0 Å². The molecule has 20 heavy (non-hydrogen) atoms. The Kier molecular flexibility index (Phi) is 4.32. The average molecular weight is 341 g/mol. The molecule has 0 radical (unpaired) electrons. The molecule has 1 aliphatic carbocycles. The molecule has 0 heterocycles. The minimum atomic E-state index is -1.08. The van der Waals surface area contributed by atoms with Crippen molar-refractivity contribution in [3.05, 3.63) is 28.2 Å². The van der Waals surface area contributed by atoms with Gasteiger partial charge < -0.3 is 15.7 Å². The van der Waals surface area contributed by atoms with Gasteiger partial charge in [0, 0.05) is 10.0 Å². The van der Waals surface area contributed by atoms with Crippen molar-refractivity contribution >= 4 is 33.6 Å². The molecule has 0 spiro atoms. The highest BCUT2D eigenvalue weighted by molar-refractivity contribution is 9.10. The molecule has 3 N–H and O–H groups in total. The van der Waals surface area contributed by atoms with Crippen LogP contribution < -0.4 is 10.6 Å². The van der Waals surface area contributed by atoms with E-state index in [4.69, 9.17) is 5.11 Å². The molecule has 0 bridgehead atoms. The van der Waals surface area contributed by atoms with Gasteiger partial charge in [0.1, 0.15) is 0 Å². The fraction of sp³-hybridized carbons (Fsp3) is 0.429. The van der Waals surface area contributed by atoms with Crippen LogP contribution in [0.1, 0.15) is 43.0 Å². The van der Waals surface area contributed by atoms with Gasteiger partial charge in [-0.15, -0.1) is 0 Å². The third-order valence-electron chi connectivity index (χ3n) is 3.58. The third kappa shape index (κ3) is 3.50. The maximum atomic E-state index is 12.0. The van der Waals surface area contributed by atoms with Crippen molar-refractivity contribution in [2.45, 2.75) is 38.1 Å². The van der Waals surface area contributed by atoms with Crippen LogP contribution in [-0.2, 0) is 0 Å². The largest absolute Gasteiger partial charge is 0.478 e. The standard InChI is InChI=1S/C14H17BrN2O3/c1-14(6-2-3-7-14)17-13(20)16-11-5-4-9(15)8-10(11)12(18)19/h4-5,8H,2-3,6-7H2,1H3,(H,18,19)(H2,16,17,20). The van der Waals surface area contributed by atoms with Gasteiger partial charge in [-0.2, -0.15) is 0 Å². The van der Waals surface area contributed by atoms with Gasteiger partial charge in [-0.3, -0.25) is 0 Å². The normalized spacial score (nSPS) is 16.7. The summed E-state index contributed by atoms with van der Waals surface area (Å²) in [7, 11) is 0. The van der Waals surface area contributed by atoms with E-state index in [1.54, 1.807) is 12.1 Å². The molecule has 1 aliphatic rings. The molecule has 6 heteroatoms. The summed E-state index contributed by atoms with van der Waals surface area (Å²) in [6, 6.07) is 4.37. The van der Waals surface area contributed by atoms with Crippen LogP contribution in [0.3, 0.4) is 0 Å². The van der Waals surface area contributed by atoms with Gasteiger partial charge >= 0.3 is 12.0 Å². The molecule has 0 saturated heterocycles. The van der Waals surface area contributed by atoms with Crippen molar-refractivity contribution in [3.63, 3.8) is 0 Å². The Morgan fingerprint density at radius 1 is 1.30 bits per heavy atom. The van der Waals surface area contributed by atoms with E-state index in [0.29, 0.717) is 10.2 Å². The van der Waals surface area contributed by atoms with E-state index in [2.05, 4.69) is 26.6 Å². The molecular formula is C14H17BrN2O3. The molecule has 1 aromatic rings. The Balaban J connectivity index is 2.09. The van der Waals surface area contributed by atoms with Crippen LogP contribution >= 0.6 is 15.9 Å². The Bertz CT molecular complexity index is 539.